The lowest BCUT2D eigenvalue weighted by Gasteiger charge is -1.98. The van der Waals surface area contributed by atoms with Crippen molar-refractivity contribution in [3.63, 3.8) is 0 Å². The molecule has 62 valence electrons. The van der Waals surface area contributed by atoms with Gasteiger partial charge in [-0.05, 0) is 12.1 Å². The van der Waals surface area contributed by atoms with Crippen molar-refractivity contribution in [3.05, 3.63) is 30.1 Å². The second kappa shape index (κ2) is 3.61. The summed E-state index contributed by atoms with van der Waals surface area (Å²) in [5, 5.41) is 7.30. The number of esters is 1. The number of methoxy groups -OCH3 is 1. The molecule has 1 heterocycles. The van der Waals surface area contributed by atoms with E-state index < -0.39 is 5.97 Å². The molecule has 0 atom stereocenters. The van der Waals surface area contributed by atoms with Crippen LogP contribution >= 0.6 is 0 Å². The Bertz CT molecular complexity index is 295. The highest BCUT2D eigenvalue weighted by molar-refractivity contribution is 6.41. The Labute approximate surface area is 69.7 Å². The lowest BCUT2D eigenvalue weighted by atomic mass is 10.2. The topological polar surface area (TPSA) is 63.0 Å². The van der Waals surface area contributed by atoms with E-state index in [4.69, 9.17) is 5.41 Å². The third-order valence-electron chi connectivity index (χ3n) is 1.31. The lowest BCUT2D eigenvalue weighted by molar-refractivity contribution is -0.132. The van der Waals surface area contributed by atoms with E-state index in [1.54, 1.807) is 18.2 Å². The van der Waals surface area contributed by atoms with Crippen LogP contribution in [0.25, 0.3) is 0 Å². The Morgan fingerprint density at radius 2 is 2.33 bits per heavy atom. The van der Waals surface area contributed by atoms with Crippen molar-refractivity contribution in [2.75, 3.05) is 7.11 Å². The maximum Gasteiger partial charge on any atom is 0.358 e. The first-order valence-electron chi connectivity index (χ1n) is 3.34. The monoisotopic (exact) mass is 164 g/mol. The second-order valence-corrected chi connectivity index (χ2v) is 2.08. The summed E-state index contributed by atoms with van der Waals surface area (Å²) in [6.07, 6.45) is 1.52. The summed E-state index contributed by atoms with van der Waals surface area (Å²) in [5.74, 6) is -0.672. The molecule has 0 radical (unpaired) electrons. The van der Waals surface area contributed by atoms with Gasteiger partial charge in [0.05, 0.1) is 12.8 Å². The summed E-state index contributed by atoms with van der Waals surface area (Å²) in [6, 6.07) is 5.01. The van der Waals surface area contributed by atoms with Crippen LogP contribution in [0.15, 0.2) is 24.4 Å². The van der Waals surface area contributed by atoms with E-state index >= 15 is 0 Å². The predicted molar refractivity (Wildman–Crippen MR) is 43.1 cm³/mol. The van der Waals surface area contributed by atoms with Gasteiger partial charge in [0.15, 0.2) is 5.71 Å². The number of hydrogen-bond acceptors (Lipinski definition) is 4. The molecule has 0 spiro atoms. The molecule has 4 heteroatoms. The maximum absolute atomic E-state index is 10.8. The highest BCUT2D eigenvalue weighted by Gasteiger charge is 2.11. The molecular weight excluding hydrogens is 156 g/mol. The van der Waals surface area contributed by atoms with Gasteiger partial charge in [-0.25, -0.2) is 4.79 Å². The average molecular weight is 164 g/mol. The van der Waals surface area contributed by atoms with Gasteiger partial charge in [-0.1, -0.05) is 6.07 Å². The Hall–Kier alpha value is -1.71. The fraction of sp³-hybridized carbons (Fsp3) is 0.125. The summed E-state index contributed by atoms with van der Waals surface area (Å²) >= 11 is 0. The van der Waals surface area contributed by atoms with Crippen LogP contribution in [0.3, 0.4) is 0 Å². The van der Waals surface area contributed by atoms with Gasteiger partial charge in [0.2, 0.25) is 0 Å². The number of ether oxygens (including phenoxy) is 1. The number of nitrogens with one attached hydrogen (secondary N) is 1. The van der Waals surface area contributed by atoms with Crippen LogP contribution in [0.1, 0.15) is 5.69 Å². The van der Waals surface area contributed by atoms with Gasteiger partial charge >= 0.3 is 5.97 Å². The van der Waals surface area contributed by atoms with Crippen LogP contribution in [-0.4, -0.2) is 23.8 Å². The third-order valence-corrected chi connectivity index (χ3v) is 1.31. The summed E-state index contributed by atoms with van der Waals surface area (Å²) in [7, 11) is 1.24. The highest BCUT2D eigenvalue weighted by atomic mass is 16.5. The van der Waals surface area contributed by atoms with Crippen molar-refractivity contribution in [2.24, 2.45) is 0 Å². The van der Waals surface area contributed by atoms with Crippen molar-refractivity contribution in [1.29, 1.82) is 5.41 Å². The van der Waals surface area contributed by atoms with Crippen LogP contribution in [0, 0.1) is 5.41 Å². The average Bonchev–Trinajstić information content (AvgIpc) is 2.17. The zero-order valence-corrected chi connectivity index (χ0v) is 6.57. The molecule has 0 aromatic carbocycles. The highest BCUT2D eigenvalue weighted by Crippen LogP contribution is 1.95. The molecule has 0 aliphatic heterocycles. The van der Waals surface area contributed by atoms with E-state index in [0.717, 1.165) is 0 Å². The largest absolute Gasteiger partial charge is 0.464 e. The number of nitrogens with zero attached hydrogens (tertiary/aromatic N) is 1. The van der Waals surface area contributed by atoms with Crippen LogP contribution < -0.4 is 0 Å². The summed E-state index contributed by atoms with van der Waals surface area (Å²) in [6.45, 7) is 0. The Morgan fingerprint density at radius 3 is 2.83 bits per heavy atom. The first-order chi connectivity index (χ1) is 5.75. The maximum atomic E-state index is 10.8. The van der Waals surface area contributed by atoms with Crippen LogP contribution in [0.4, 0.5) is 0 Å². The summed E-state index contributed by atoms with van der Waals surface area (Å²) in [5.41, 5.74) is 0.0995. The van der Waals surface area contributed by atoms with Gasteiger partial charge in [0, 0.05) is 6.20 Å². The van der Waals surface area contributed by atoms with Crippen molar-refractivity contribution >= 4 is 11.7 Å². The minimum absolute atomic E-state index is 0.224. The van der Waals surface area contributed by atoms with Gasteiger partial charge < -0.3 is 4.74 Å². The van der Waals surface area contributed by atoms with Crippen molar-refractivity contribution in [1.82, 2.24) is 4.98 Å². The predicted octanol–water partition coefficient (Wildman–Crippen LogP) is 0.622. The molecule has 0 aliphatic rings. The molecule has 0 aliphatic carbocycles. The molecule has 0 unspecified atom stereocenters. The zero-order chi connectivity index (χ0) is 8.97. The van der Waals surface area contributed by atoms with Gasteiger partial charge in [0.25, 0.3) is 0 Å². The van der Waals surface area contributed by atoms with Gasteiger partial charge in [-0.3, -0.25) is 10.4 Å². The molecule has 0 bridgehead atoms. The number of carbonyl (C=O) groups is 1. The Kier molecular flexibility index (Phi) is 2.53. The smallest absolute Gasteiger partial charge is 0.358 e. The fourth-order valence-corrected chi connectivity index (χ4v) is 0.717. The van der Waals surface area contributed by atoms with Gasteiger partial charge in [-0.2, -0.15) is 0 Å². The van der Waals surface area contributed by atoms with Gasteiger partial charge in [0.1, 0.15) is 0 Å². The minimum atomic E-state index is -0.672. The van der Waals surface area contributed by atoms with Crippen molar-refractivity contribution in [3.8, 4) is 0 Å². The Morgan fingerprint density at radius 1 is 1.58 bits per heavy atom. The molecule has 4 nitrogen and oxygen atoms in total. The van der Waals surface area contributed by atoms with Crippen LogP contribution in [0.2, 0.25) is 0 Å². The zero-order valence-electron chi connectivity index (χ0n) is 6.57. The van der Waals surface area contributed by atoms with E-state index in [-0.39, 0.29) is 5.71 Å². The second-order valence-electron chi connectivity index (χ2n) is 2.08. The molecule has 0 fully saturated rings. The molecule has 1 aromatic heterocycles. The molecule has 0 amide bonds. The molecule has 1 N–H and O–H groups in total. The normalized spacial score (nSPS) is 9.08. The summed E-state index contributed by atoms with van der Waals surface area (Å²) in [4.78, 5) is 14.6. The molecular formula is C8H8N2O2. The first-order valence-corrected chi connectivity index (χ1v) is 3.34. The number of aromatic nitrogens is 1. The fourth-order valence-electron chi connectivity index (χ4n) is 0.717. The first kappa shape index (κ1) is 8.39. The minimum Gasteiger partial charge on any atom is -0.464 e. The number of hydrogen-bond donors (Lipinski definition) is 1. The SMILES string of the molecule is COC(=O)C(=N)c1ccccn1. The van der Waals surface area contributed by atoms with Crippen molar-refractivity contribution in [2.45, 2.75) is 0 Å². The van der Waals surface area contributed by atoms with E-state index in [2.05, 4.69) is 9.72 Å². The van der Waals surface area contributed by atoms with Gasteiger partial charge in [-0.15, -0.1) is 0 Å². The van der Waals surface area contributed by atoms with Crippen LogP contribution in [0.5, 0.6) is 0 Å². The van der Waals surface area contributed by atoms with Crippen LogP contribution in [-0.2, 0) is 9.53 Å². The third kappa shape index (κ3) is 1.66. The molecule has 0 saturated heterocycles. The van der Waals surface area contributed by atoms with E-state index in [9.17, 15) is 4.79 Å². The standard InChI is InChI=1S/C8H8N2O2/c1-12-8(11)7(9)6-4-2-3-5-10-6/h2-5,9H,1H3. The number of pyridine rings is 1. The molecule has 1 aromatic rings. The molecule has 1 rings (SSSR count). The van der Waals surface area contributed by atoms with E-state index in [1.165, 1.54) is 13.3 Å². The Balaban J connectivity index is 2.86. The van der Waals surface area contributed by atoms with E-state index in [1.807, 2.05) is 0 Å². The summed E-state index contributed by atoms with van der Waals surface area (Å²) < 4.78 is 4.36. The van der Waals surface area contributed by atoms with E-state index in [0.29, 0.717) is 5.69 Å². The quantitative estimate of drug-likeness (QED) is 0.515. The number of rotatable bonds is 2. The lowest BCUT2D eigenvalue weighted by Crippen LogP contribution is -2.16. The number of carbonyl (C=O) groups excluding carboxylic acids is 1. The molecule has 0 saturated carbocycles. The molecule has 12 heavy (non-hydrogen) atoms. The van der Waals surface area contributed by atoms with Crippen molar-refractivity contribution < 1.29 is 9.53 Å².